The van der Waals surface area contributed by atoms with Gasteiger partial charge in [0.25, 0.3) is 0 Å². The number of carbonyl (C=O) groups is 1. The van der Waals surface area contributed by atoms with E-state index in [2.05, 4.69) is 74.4 Å². The van der Waals surface area contributed by atoms with E-state index >= 15 is 0 Å². The van der Waals surface area contributed by atoms with Gasteiger partial charge in [-0.3, -0.25) is 20.2 Å². The quantitative estimate of drug-likeness (QED) is 0.0914. The first kappa shape index (κ1) is 34.2. The highest BCUT2D eigenvalue weighted by atomic mass is 35.5. The monoisotopic (exact) mass is 605 g/mol. The van der Waals surface area contributed by atoms with Gasteiger partial charge in [-0.25, -0.2) is 9.97 Å². The molecule has 228 valence electrons. The summed E-state index contributed by atoms with van der Waals surface area (Å²) in [6, 6.07) is 6.42. The van der Waals surface area contributed by atoms with Crippen molar-refractivity contribution in [3.8, 4) is 11.3 Å². The molecule has 0 atom stereocenters. The molecule has 0 spiro atoms. The lowest BCUT2D eigenvalue weighted by atomic mass is 10.1. The van der Waals surface area contributed by atoms with E-state index in [4.69, 9.17) is 11.1 Å². The first-order valence-corrected chi connectivity index (χ1v) is 13.4. The molecule has 12 nitrogen and oxygen atoms in total. The molecule has 5 aromatic rings. The standard InChI is InChI=1S/C15H19N3O.C14H15N5.CH5N3.ClH/c1-11(2)18-10-13(15(19)6-8-17(3)4)12-5-7-16-9-14(12)18;1-9(2)19-8-11(10-3-5-16-7-13(10)19)12-4-6-17-14(15)18-12;2-1(3)4;/h5-11H,1-4H3;3-9H,1-2H3,(H2,15,17,18);(H5,2,3,4);1H/b8-6+;;;. The van der Waals surface area contributed by atoms with Gasteiger partial charge in [-0.2, -0.15) is 0 Å². The van der Waals surface area contributed by atoms with Gasteiger partial charge < -0.3 is 31.2 Å². The number of nitrogen functional groups attached to an aromatic ring is 1. The van der Waals surface area contributed by atoms with Crippen molar-refractivity contribution in [3.63, 3.8) is 0 Å². The lowest BCUT2D eigenvalue weighted by Crippen LogP contribution is -2.20. The molecule has 0 saturated carbocycles. The second-order valence-electron chi connectivity index (χ2n) is 10.3. The maximum atomic E-state index is 12.3. The van der Waals surface area contributed by atoms with E-state index in [0.717, 1.165) is 38.6 Å². The maximum Gasteiger partial charge on any atom is 0.220 e. The van der Waals surface area contributed by atoms with Crippen molar-refractivity contribution in [2.75, 3.05) is 19.8 Å². The fourth-order valence-electron chi connectivity index (χ4n) is 4.28. The molecule has 13 heteroatoms. The second kappa shape index (κ2) is 15.3. The number of pyridine rings is 2. The van der Waals surface area contributed by atoms with Gasteiger partial charge in [-0.1, -0.05) is 0 Å². The van der Waals surface area contributed by atoms with E-state index in [-0.39, 0.29) is 30.1 Å². The number of nitrogens with zero attached hydrogens (tertiary/aromatic N) is 7. The van der Waals surface area contributed by atoms with Gasteiger partial charge in [0.1, 0.15) is 0 Å². The number of hydrogen-bond donors (Lipinski definition) is 4. The molecule has 43 heavy (non-hydrogen) atoms. The van der Waals surface area contributed by atoms with Crippen LogP contribution in [0.2, 0.25) is 0 Å². The number of rotatable bonds is 6. The average Bonchev–Trinajstić information content (AvgIpc) is 3.52. The Morgan fingerprint density at radius 2 is 1.44 bits per heavy atom. The maximum absolute atomic E-state index is 12.3. The third kappa shape index (κ3) is 8.76. The van der Waals surface area contributed by atoms with E-state index in [1.807, 2.05) is 55.8 Å². The van der Waals surface area contributed by atoms with Gasteiger partial charge in [0.2, 0.25) is 5.95 Å². The highest BCUT2D eigenvalue weighted by Gasteiger charge is 2.15. The molecule has 7 N–H and O–H groups in total. The minimum absolute atomic E-state index is 0. The van der Waals surface area contributed by atoms with Crippen molar-refractivity contribution in [2.24, 2.45) is 11.5 Å². The predicted octanol–water partition coefficient (Wildman–Crippen LogP) is 4.79. The van der Waals surface area contributed by atoms with Gasteiger partial charge in [0.15, 0.2) is 11.7 Å². The summed E-state index contributed by atoms with van der Waals surface area (Å²) in [6.45, 7) is 8.47. The lowest BCUT2D eigenvalue weighted by molar-refractivity contribution is 0.104. The number of aromatic nitrogens is 6. The summed E-state index contributed by atoms with van der Waals surface area (Å²) in [5, 5.41) is 8.14. The first-order valence-electron chi connectivity index (χ1n) is 13.4. The smallest absolute Gasteiger partial charge is 0.220 e. The Morgan fingerprint density at radius 3 is 1.98 bits per heavy atom. The molecule has 0 radical (unpaired) electrons. The molecule has 0 fully saturated rings. The minimum atomic E-state index is -0.333. The highest BCUT2D eigenvalue weighted by Crippen LogP contribution is 2.31. The largest absolute Gasteiger partial charge is 0.383 e. The van der Waals surface area contributed by atoms with Crippen LogP contribution in [0.1, 0.15) is 50.1 Å². The van der Waals surface area contributed by atoms with Crippen LogP contribution in [0.4, 0.5) is 5.95 Å². The Morgan fingerprint density at radius 1 is 0.907 bits per heavy atom. The molecule has 5 heterocycles. The molecule has 0 amide bonds. The van der Waals surface area contributed by atoms with Crippen molar-refractivity contribution in [1.29, 1.82) is 5.41 Å². The van der Waals surface area contributed by atoms with E-state index in [1.54, 1.807) is 30.9 Å². The van der Waals surface area contributed by atoms with E-state index in [1.165, 1.54) is 0 Å². The highest BCUT2D eigenvalue weighted by molar-refractivity contribution is 6.13. The zero-order valence-electron chi connectivity index (χ0n) is 25.3. The summed E-state index contributed by atoms with van der Waals surface area (Å²) in [6.07, 6.45) is 16.3. The summed E-state index contributed by atoms with van der Waals surface area (Å²) < 4.78 is 4.27. The average molecular weight is 606 g/mol. The fraction of sp³-hybridized carbons (Fsp3) is 0.267. The van der Waals surface area contributed by atoms with E-state index in [0.29, 0.717) is 12.1 Å². The van der Waals surface area contributed by atoms with Crippen LogP contribution in [0.5, 0.6) is 0 Å². The van der Waals surface area contributed by atoms with Gasteiger partial charge in [-0.15, -0.1) is 12.4 Å². The predicted molar refractivity (Wildman–Crippen MR) is 176 cm³/mol. The molecule has 0 aliphatic carbocycles. The molecule has 0 unspecified atom stereocenters. The van der Waals surface area contributed by atoms with Crippen LogP contribution >= 0.6 is 12.4 Å². The van der Waals surface area contributed by atoms with Crippen LogP contribution in [-0.4, -0.2) is 59.8 Å². The van der Waals surface area contributed by atoms with Gasteiger partial charge >= 0.3 is 0 Å². The fourth-order valence-corrected chi connectivity index (χ4v) is 4.28. The van der Waals surface area contributed by atoms with Crippen molar-refractivity contribution in [3.05, 3.63) is 79.4 Å². The molecular weight excluding hydrogens is 566 g/mol. The number of allylic oxidation sites excluding steroid dienone is 1. The molecular formula is C30H40ClN11O. The Labute approximate surface area is 257 Å². The molecule has 0 saturated heterocycles. The number of fused-ring (bicyclic) bond motifs is 2. The molecule has 0 aliphatic rings. The lowest BCUT2D eigenvalue weighted by Gasteiger charge is -2.07. The van der Waals surface area contributed by atoms with Crippen LogP contribution in [0, 0.1) is 5.41 Å². The molecule has 0 aliphatic heterocycles. The molecule has 5 rings (SSSR count). The number of halogens is 1. The van der Waals surface area contributed by atoms with Gasteiger partial charge in [0, 0.05) is 91.3 Å². The van der Waals surface area contributed by atoms with Crippen LogP contribution in [-0.2, 0) is 0 Å². The second-order valence-corrected chi connectivity index (χ2v) is 10.3. The summed E-state index contributed by atoms with van der Waals surface area (Å²) in [7, 11) is 3.79. The molecule has 0 bridgehead atoms. The summed E-state index contributed by atoms with van der Waals surface area (Å²) in [5.74, 6) is -0.0266. The Kier molecular flexibility index (Phi) is 12.2. The van der Waals surface area contributed by atoms with Gasteiger partial charge in [0.05, 0.1) is 29.1 Å². The summed E-state index contributed by atoms with van der Waals surface area (Å²) in [4.78, 5) is 30.7. The SMILES string of the molecule is CC(C)n1cc(-c2ccnc(N)n2)c2ccncc21.CC(C)n1cc(C(=O)/C=C/N(C)C)c2ccncc21.Cl.N=C(N)N. The van der Waals surface area contributed by atoms with E-state index in [9.17, 15) is 4.79 Å². The number of ketones is 1. The first-order chi connectivity index (χ1) is 19.9. The third-order valence-corrected chi connectivity index (χ3v) is 6.13. The van der Waals surface area contributed by atoms with Gasteiger partial charge in [-0.05, 0) is 45.9 Å². The number of anilines is 1. The molecule has 0 aromatic carbocycles. The van der Waals surface area contributed by atoms with Crippen LogP contribution in [0.25, 0.3) is 33.1 Å². The number of hydrogen-bond acceptors (Lipinski definition) is 8. The Hall–Kier alpha value is -4.97. The topological polar surface area (TPSA) is 184 Å². The summed E-state index contributed by atoms with van der Waals surface area (Å²) >= 11 is 0. The number of nitrogens with two attached hydrogens (primary N) is 3. The van der Waals surface area contributed by atoms with Crippen molar-refractivity contribution < 1.29 is 4.79 Å². The zero-order valence-corrected chi connectivity index (χ0v) is 26.1. The van der Waals surface area contributed by atoms with Crippen molar-refractivity contribution in [1.82, 2.24) is 34.0 Å². The summed E-state index contributed by atoms with van der Waals surface area (Å²) in [5.41, 5.74) is 19.3. The van der Waals surface area contributed by atoms with E-state index < -0.39 is 0 Å². The Bertz CT molecular complexity index is 1700. The van der Waals surface area contributed by atoms with Crippen LogP contribution in [0.15, 0.2) is 73.9 Å². The van der Waals surface area contributed by atoms with Crippen molar-refractivity contribution >= 4 is 51.9 Å². The van der Waals surface area contributed by atoms with Crippen molar-refractivity contribution in [2.45, 2.75) is 39.8 Å². The third-order valence-electron chi connectivity index (χ3n) is 6.13. The van der Waals surface area contributed by atoms with Crippen LogP contribution < -0.4 is 17.2 Å². The Balaban J connectivity index is 0.000000262. The van der Waals surface area contributed by atoms with Crippen LogP contribution in [0.3, 0.4) is 0 Å². The minimum Gasteiger partial charge on any atom is -0.383 e. The number of carbonyl (C=O) groups excluding carboxylic acids is 1. The number of nitrogens with one attached hydrogen (secondary N) is 1. The molecule has 5 aromatic heterocycles. The normalized spacial score (nSPS) is 10.7. The zero-order chi connectivity index (χ0) is 31.0. The number of guanidine groups is 1.